The van der Waals surface area contributed by atoms with Gasteiger partial charge < -0.3 is 20.1 Å². The monoisotopic (exact) mass is 428 g/mol. The largest absolute Gasteiger partial charge is 0.437 e. The molecule has 0 saturated heterocycles. The fourth-order valence-corrected chi connectivity index (χ4v) is 2.70. The molecule has 0 spiro atoms. The number of rotatable bonds is 6. The molecule has 0 bridgehead atoms. The predicted octanol–water partition coefficient (Wildman–Crippen LogP) is 5.11. The zero-order valence-electron chi connectivity index (χ0n) is 17.4. The smallest absolute Gasteiger partial charge is 0.323 e. The number of anilines is 2. The molecule has 4 heterocycles. The van der Waals surface area contributed by atoms with Gasteiger partial charge in [-0.25, -0.2) is 14.8 Å². The molecule has 4 aromatic heterocycles. The maximum absolute atomic E-state index is 12.3. The molecular formula is C23H20N6O3. The minimum atomic E-state index is -0.429. The number of ether oxygens (including phenoxy) is 2. The van der Waals surface area contributed by atoms with E-state index in [-0.39, 0.29) is 0 Å². The normalized spacial score (nSPS) is 10.3. The summed E-state index contributed by atoms with van der Waals surface area (Å²) in [6, 6.07) is 13.5. The molecule has 0 atom stereocenters. The molecule has 32 heavy (non-hydrogen) atoms. The first-order valence-corrected chi connectivity index (χ1v) is 9.76. The van der Waals surface area contributed by atoms with Crippen molar-refractivity contribution in [3.8, 4) is 23.3 Å². The Bertz CT molecular complexity index is 1120. The average Bonchev–Trinajstić information content (AvgIpc) is 2.79. The van der Waals surface area contributed by atoms with E-state index in [0.717, 1.165) is 11.4 Å². The third-order valence-corrected chi connectivity index (χ3v) is 4.33. The Balaban J connectivity index is 1.31. The summed E-state index contributed by atoms with van der Waals surface area (Å²) in [5.41, 5.74) is 2.54. The van der Waals surface area contributed by atoms with Crippen molar-refractivity contribution in [1.29, 1.82) is 0 Å². The molecule has 2 amide bonds. The van der Waals surface area contributed by atoms with Gasteiger partial charge in [-0.1, -0.05) is 0 Å². The quantitative estimate of drug-likeness (QED) is 0.439. The summed E-state index contributed by atoms with van der Waals surface area (Å²) in [6.45, 7) is 3.70. The van der Waals surface area contributed by atoms with Crippen LogP contribution in [0.2, 0.25) is 0 Å². The molecular weight excluding hydrogens is 408 g/mol. The number of hydrogen-bond acceptors (Lipinski definition) is 7. The van der Waals surface area contributed by atoms with Gasteiger partial charge in [0.05, 0.1) is 35.2 Å². The zero-order valence-corrected chi connectivity index (χ0v) is 17.4. The first kappa shape index (κ1) is 20.7. The predicted molar refractivity (Wildman–Crippen MR) is 119 cm³/mol. The van der Waals surface area contributed by atoms with E-state index in [9.17, 15) is 4.79 Å². The third-order valence-electron chi connectivity index (χ3n) is 4.33. The summed E-state index contributed by atoms with van der Waals surface area (Å²) >= 11 is 0. The van der Waals surface area contributed by atoms with Crippen LogP contribution in [0, 0.1) is 13.8 Å². The van der Waals surface area contributed by atoms with Gasteiger partial charge in [0.25, 0.3) is 0 Å². The van der Waals surface area contributed by atoms with Gasteiger partial charge in [-0.2, -0.15) is 0 Å². The van der Waals surface area contributed by atoms with E-state index in [4.69, 9.17) is 9.47 Å². The lowest BCUT2D eigenvalue weighted by Gasteiger charge is -2.10. The van der Waals surface area contributed by atoms with Gasteiger partial charge in [-0.15, -0.1) is 0 Å². The van der Waals surface area contributed by atoms with Gasteiger partial charge in [-0.05, 0) is 50.2 Å². The van der Waals surface area contributed by atoms with Crippen molar-refractivity contribution in [3.05, 3.63) is 84.7 Å². The van der Waals surface area contributed by atoms with E-state index >= 15 is 0 Å². The number of aryl methyl sites for hydroxylation is 2. The second-order valence-corrected chi connectivity index (χ2v) is 6.73. The van der Waals surface area contributed by atoms with E-state index in [1.807, 2.05) is 26.0 Å². The lowest BCUT2D eigenvalue weighted by atomic mass is 10.3. The van der Waals surface area contributed by atoms with Crippen LogP contribution < -0.4 is 20.1 Å². The molecule has 0 fully saturated rings. The molecule has 4 aromatic rings. The number of carbonyl (C=O) groups is 1. The molecule has 0 aliphatic carbocycles. The SMILES string of the molecule is Cc1ncccc1Oc1ccc(NC(=O)Nc2ccc(Oc3cccnc3C)nc2)cn1. The number of hydrogen-bond donors (Lipinski definition) is 2. The van der Waals surface area contributed by atoms with Crippen molar-refractivity contribution in [2.24, 2.45) is 0 Å². The van der Waals surface area contributed by atoms with Crippen LogP contribution >= 0.6 is 0 Å². The van der Waals surface area contributed by atoms with E-state index in [2.05, 4.69) is 30.6 Å². The molecule has 0 aliphatic rings. The summed E-state index contributed by atoms with van der Waals surface area (Å²) in [7, 11) is 0. The highest BCUT2D eigenvalue weighted by Gasteiger charge is 2.07. The molecule has 160 valence electrons. The van der Waals surface area contributed by atoms with Gasteiger partial charge >= 0.3 is 6.03 Å². The zero-order chi connectivity index (χ0) is 22.3. The maximum atomic E-state index is 12.3. The number of amides is 2. The molecule has 4 rings (SSSR count). The highest BCUT2D eigenvalue weighted by molar-refractivity contribution is 5.99. The fourth-order valence-electron chi connectivity index (χ4n) is 2.70. The van der Waals surface area contributed by atoms with Crippen molar-refractivity contribution >= 4 is 17.4 Å². The molecule has 0 saturated carbocycles. The number of pyridine rings is 4. The number of carbonyl (C=O) groups excluding carboxylic acids is 1. The van der Waals surface area contributed by atoms with Crippen molar-refractivity contribution in [2.75, 3.05) is 10.6 Å². The van der Waals surface area contributed by atoms with E-state index < -0.39 is 6.03 Å². The summed E-state index contributed by atoms with van der Waals surface area (Å²) in [5, 5.41) is 5.41. The van der Waals surface area contributed by atoms with Crippen molar-refractivity contribution in [2.45, 2.75) is 13.8 Å². The minimum Gasteiger partial charge on any atom is -0.437 e. The minimum absolute atomic E-state index is 0.399. The van der Waals surface area contributed by atoms with Crippen LogP contribution in [0.3, 0.4) is 0 Å². The highest BCUT2D eigenvalue weighted by Crippen LogP contribution is 2.23. The second kappa shape index (κ2) is 9.52. The molecule has 0 aliphatic heterocycles. The van der Waals surface area contributed by atoms with E-state index in [1.54, 1.807) is 48.8 Å². The van der Waals surface area contributed by atoms with Crippen LogP contribution in [-0.2, 0) is 0 Å². The van der Waals surface area contributed by atoms with E-state index in [0.29, 0.717) is 34.6 Å². The van der Waals surface area contributed by atoms with Crippen molar-refractivity contribution < 1.29 is 14.3 Å². The molecule has 9 nitrogen and oxygen atoms in total. The number of urea groups is 1. The van der Waals surface area contributed by atoms with Crippen LogP contribution in [0.5, 0.6) is 23.3 Å². The van der Waals surface area contributed by atoms with Gasteiger partial charge in [0.15, 0.2) is 11.5 Å². The van der Waals surface area contributed by atoms with Crippen LogP contribution in [0.25, 0.3) is 0 Å². The fraction of sp³-hybridized carbons (Fsp3) is 0.0870. The average molecular weight is 428 g/mol. The van der Waals surface area contributed by atoms with Crippen LogP contribution in [0.1, 0.15) is 11.4 Å². The van der Waals surface area contributed by atoms with Gasteiger partial charge in [0.1, 0.15) is 0 Å². The molecule has 2 N–H and O–H groups in total. The molecule has 0 unspecified atom stereocenters. The van der Waals surface area contributed by atoms with Crippen molar-refractivity contribution in [3.63, 3.8) is 0 Å². The Hall–Kier alpha value is -4.53. The summed E-state index contributed by atoms with van der Waals surface area (Å²) in [6.07, 6.45) is 6.40. The Morgan fingerprint density at radius 2 is 1.16 bits per heavy atom. The summed E-state index contributed by atoms with van der Waals surface area (Å²) in [4.78, 5) is 29.0. The number of nitrogens with zero attached hydrogens (tertiary/aromatic N) is 4. The first-order valence-electron chi connectivity index (χ1n) is 9.76. The summed E-state index contributed by atoms with van der Waals surface area (Å²) in [5.74, 6) is 2.04. The van der Waals surface area contributed by atoms with E-state index in [1.165, 1.54) is 12.4 Å². The highest BCUT2D eigenvalue weighted by atomic mass is 16.5. The lowest BCUT2D eigenvalue weighted by molar-refractivity contribution is 0.262. The Labute approximate surface area is 184 Å². The standard InChI is InChI=1S/C23H20N6O3/c1-15-19(5-3-11-24-15)31-21-9-7-17(13-26-21)28-23(30)29-18-8-10-22(27-14-18)32-20-6-4-12-25-16(20)2/h3-14H,1-2H3,(H2,28,29,30). The molecule has 0 radical (unpaired) electrons. The second-order valence-electron chi connectivity index (χ2n) is 6.73. The molecule has 9 heteroatoms. The first-order chi connectivity index (χ1) is 15.6. The number of aromatic nitrogens is 4. The van der Waals surface area contributed by atoms with Gasteiger partial charge in [-0.3, -0.25) is 9.97 Å². The van der Waals surface area contributed by atoms with Gasteiger partial charge in [0.2, 0.25) is 11.8 Å². The third kappa shape index (κ3) is 5.33. The van der Waals surface area contributed by atoms with Crippen LogP contribution in [-0.4, -0.2) is 26.0 Å². The Morgan fingerprint density at radius 3 is 1.53 bits per heavy atom. The topological polar surface area (TPSA) is 111 Å². The summed E-state index contributed by atoms with van der Waals surface area (Å²) < 4.78 is 11.4. The van der Waals surface area contributed by atoms with Crippen LogP contribution in [0.15, 0.2) is 73.3 Å². The number of nitrogens with one attached hydrogen (secondary N) is 2. The Morgan fingerprint density at radius 1 is 0.688 bits per heavy atom. The van der Waals surface area contributed by atoms with Crippen LogP contribution in [0.4, 0.5) is 16.2 Å². The lowest BCUT2D eigenvalue weighted by Crippen LogP contribution is -2.19. The van der Waals surface area contributed by atoms with Gasteiger partial charge in [0, 0.05) is 24.5 Å². The Kier molecular flexibility index (Phi) is 6.17. The molecule has 0 aromatic carbocycles. The maximum Gasteiger partial charge on any atom is 0.323 e. The van der Waals surface area contributed by atoms with Crippen molar-refractivity contribution in [1.82, 2.24) is 19.9 Å².